The van der Waals surface area contributed by atoms with Gasteiger partial charge in [-0.1, -0.05) is 18.2 Å². The lowest BCUT2D eigenvalue weighted by Crippen LogP contribution is -2.37. The molecule has 1 aliphatic heterocycles. The minimum atomic E-state index is -0.00440. The summed E-state index contributed by atoms with van der Waals surface area (Å²) in [5, 5.41) is 3.05. The van der Waals surface area contributed by atoms with Crippen LogP contribution < -0.4 is 10.1 Å². The molecule has 128 valence electrons. The van der Waals surface area contributed by atoms with Crippen LogP contribution in [0.15, 0.2) is 47.1 Å². The Labute approximate surface area is 142 Å². The van der Waals surface area contributed by atoms with Gasteiger partial charge in [0, 0.05) is 12.1 Å². The molecule has 0 saturated carbocycles. The number of hydrogen-bond donors (Lipinski definition) is 1. The number of likely N-dealkylation sites (tertiary alicyclic amines) is 1. The highest BCUT2D eigenvalue weighted by Crippen LogP contribution is 2.25. The Balaban J connectivity index is 1.61. The number of nitrogens with zero attached hydrogens (tertiary/aromatic N) is 1. The molecule has 1 fully saturated rings. The van der Waals surface area contributed by atoms with Crippen molar-refractivity contribution in [3.05, 3.63) is 54.0 Å². The summed E-state index contributed by atoms with van der Waals surface area (Å²) in [5.41, 5.74) is 0.897. The predicted molar refractivity (Wildman–Crippen MR) is 92.0 cm³/mol. The summed E-state index contributed by atoms with van der Waals surface area (Å²) in [6, 6.07) is 11.6. The van der Waals surface area contributed by atoms with Crippen molar-refractivity contribution in [2.75, 3.05) is 26.7 Å². The van der Waals surface area contributed by atoms with Crippen LogP contribution in [0.5, 0.6) is 5.75 Å². The molecule has 24 heavy (non-hydrogen) atoms. The van der Waals surface area contributed by atoms with Crippen LogP contribution in [0.2, 0.25) is 0 Å². The van der Waals surface area contributed by atoms with Crippen LogP contribution in [0.4, 0.5) is 0 Å². The van der Waals surface area contributed by atoms with Crippen molar-refractivity contribution >= 4 is 5.91 Å². The summed E-state index contributed by atoms with van der Waals surface area (Å²) < 4.78 is 10.9. The zero-order valence-electron chi connectivity index (χ0n) is 14.0. The molecule has 2 aromatic rings. The molecule has 1 aromatic carbocycles. The number of amides is 1. The third-order valence-electron chi connectivity index (χ3n) is 4.49. The minimum absolute atomic E-state index is 0.00440. The van der Waals surface area contributed by atoms with Crippen LogP contribution in [0.25, 0.3) is 0 Å². The maximum atomic E-state index is 12.4. The molecule has 3 rings (SSSR count). The lowest BCUT2D eigenvalue weighted by atomic mass is 10.1. The van der Waals surface area contributed by atoms with Gasteiger partial charge in [-0.15, -0.1) is 0 Å². The lowest BCUT2D eigenvalue weighted by Gasteiger charge is -2.26. The monoisotopic (exact) mass is 328 g/mol. The molecular weight excluding hydrogens is 304 g/mol. The molecule has 5 heteroatoms. The summed E-state index contributed by atoms with van der Waals surface area (Å²) in [7, 11) is 1.62. The maximum absolute atomic E-state index is 12.4. The van der Waals surface area contributed by atoms with E-state index in [1.54, 1.807) is 13.4 Å². The van der Waals surface area contributed by atoms with Gasteiger partial charge >= 0.3 is 0 Å². The number of carbonyl (C=O) groups excluding carboxylic acids is 1. The molecule has 2 heterocycles. The van der Waals surface area contributed by atoms with Crippen molar-refractivity contribution in [1.82, 2.24) is 10.2 Å². The Bertz CT molecular complexity index is 648. The fourth-order valence-electron chi connectivity index (χ4n) is 3.24. The normalized spacial score (nSPS) is 16.0. The zero-order valence-corrected chi connectivity index (χ0v) is 14.0. The van der Waals surface area contributed by atoms with Crippen LogP contribution in [-0.2, 0) is 11.2 Å². The number of ether oxygens (including phenoxy) is 1. The third-order valence-corrected chi connectivity index (χ3v) is 4.49. The van der Waals surface area contributed by atoms with Crippen molar-refractivity contribution in [2.45, 2.75) is 25.3 Å². The number of nitrogens with one attached hydrogen (secondary N) is 1. The van der Waals surface area contributed by atoms with Gasteiger partial charge in [0.15, 0.2) is 0 Å². The van der Waals surface area contributed by atoms with E-state index in [1.807, 2.05) is 36.4 Å². The van der Waals surface area contributed by atoms with Gasteiger partial charge in [0.2, 0.25) is 5.91 Å². The van der Waals surface area contributed by atoms with E-state index < -0.39 is 0 Å². The van der Waals surface area contributed by atoms with E-state index in [0.717, 1.165) is 30.2 Å². The molecule has 1 N–H and O–H groups in total. The Kier molecular flexibility index (Phi) is 5.54. The first-order chi connectivity index (χ1) is 11.8. The van der Waals surface area contributed by atoms with Crippen molar-refractivity contribution in [1.29, 1.82) is 0 Å². The van der Waals surface area contributed by atoms with Gasteiger partial charge in [-0.25, -0.2) is 0 Å². The van der Waals surface area contributed by atoms with E-state index in [4.69, 9.17) is 9.15 Å². The van der Waals surface area contributed by atoms with E-state index in [-0.39, 0.29) is 11.9 Å². The van der Waals surface area contributed by atoms with E-state index in [1.165, 1.54) is 12.8 Å². The molecule has 5 nitrogen and oxygen atoms in total. The van der Waals surface area contributed by atoms with E-state index >= 15 is 0 Å². The predicted octanol–water partition coefficient (Wildman–Crippen LogP) is 2.78. The molecule has 1 amide bonds. The third kappa shape index (κ3) is 3.97. The quantitative estimate of drug-likeness (QED) is 0.849. The second kappa shape index (κ2) is 8.02. The SMILES string of the molecule is COc1ccccc1CC(=O)NCC(c1ccco1)N1CCCC1. The number of hydrogen-bond acceptors (Lipinski definition) is 4. The van der Waals surface area contributed by atoms with Crippen molar-refractivity contribution in [2.24, 2.45) is 0 Å². The van der Waals surface area contributed by atoms with Crippen molar-refractivity contribution in [3.8, 4) is 5.75 Å². The van der Waals surface area contributed by atoms with Crippen LogP contribution in [0.1, 0.15) is 30.2 Å². The summed E-state index contributed by atoms with van der Waals surface area (Å²) in [6.07, 6.45) is 4.41. The van der Waals surface area contributed by atoms with Crippen molar-refractivity contribution in [3.63, 3.8) is 0 Å². The number of carbonyl (C=O) groups is 1. The molecule has 0 aliphatic carbocycles. The molecule has 1 saturated heterocycles. The molecule has 1 unspecified atom stereocenters. The summed E-state index contributed by atoms with van der Waals surface area (Å²) >= 11 is 0. The first-order valence-corrected chi connectivity index (χ1v) is 8.44. The Morgan fingerprint density at radius 1 is 1.25 bits per heavy atom. The van der Waals surface area contributed by atoms with Gasteiger partial charge in [0.1, 0.15) is 11.5 Å². The summed E-state index contributed by atoms with van der Waals surface area (Å²) in [4.78, 5) is 14.7. The second-order valence-corrected chi connectivity index (χ2v) is 6.07. The second-order valence-electron chi connectivity index (χ2n) is 6.07. The largest absolute Gasteiger partial charge is 0.496 e. The van der Waals surface area contributed by atoms with E-state index in [2.05, 4.69) is 10.2 Å². The molecule has 0 spiro atoms. The fourth-order valence-corrected chi connectivity index (χ4v) is 3.24. The highest BCUT2D eigenvalue weighted by Gasteiger charge is 2.25. The molecule has 0 bridgehead atoms. The number of benzene rings is 1. The van der Waals surface area contributed by atoms with Gasteiger partial charge in [0.25, 0.3) is 0 Å². The van der Waals surface area contributed by atoms with E-state index in [9.17, 15) is 4.79 Å². The van der Waals surface area contributed by atoms with Gasteiger partial charge in [0.05, 0.1) is 25.8 Å². The fraction of sp³-hybridized carbons (Fsp3) is 0.421. The Hall–Kier alpha value is -2.27. The molecule has 1 aliphatic rings. The maximum Gasteiger partial charge on any atom is 0.224 e. The summed E-state index contributed by atoms with van der Waals surface area (Å²) in [5.74, 6) is 1.65. The molecule has 0 radical (unpaired) electrons. The number of para-hydroxylation sites is 1. The minimum Gasteiger partial charge on any atom is -0.496 e. The van der Waals surface area contributed by atoms with Gasteiger partial charge in [-0.2, -0.15) is 0 Å². The highest BCUT2D eigenvalue weighted by atomic mass is 16.5. The van der Waals surface area contributed by atoms with Gasteiger partial charge < -0.3 is 14.5 Å². The topological polar surface area (TPSA) is 54.7 Å². The van der Waals surface area contributed by atoms with E-state index in [0.29, 0.717) is 13.0 Å². The van der Waals surface area contributed by atoms with Crippen molar-refractivity contribution < 1.29 is 13.9 Å². The van der Waals surface area contributed by atoms with Crippen LogP contribution in [0.3, 0.4) is 0 Å². The number of furan rings is 1. The van der Waals surface area contributed by atoms with Crippen LogP contribution in [-0.4, -0.2) is 37.6 Å². The van der Waals surface area contributed by atoms with Crippen LogP contribution in [0, 0.1) is 0 Å². The molecule has 1 aromatic heterocycles. The molecular formula is C19H24N2O3. The summed E-state index contributed by atoms with van der Waals surface area (Å²) in [6.45, 7) is 2.66. The smallest absolute Gasteiger partial charge is 0.224 e. The average molecular weight is 328 g/mol. The number of methoxy groups -OCH3 is 1. The number of rotatable bonds is 7. The Morgan fingerprint density at radius 2 is 2.04 bits per heavy atom. The first kappa shape index (κ1) is 16.6. The average Bonchev–Trinajstić information content (AvgIpc) is 3.30. The Morgan fingerprint density at radius 3 is 2.75 bits per heavy atom. The zero-order chi connectivity index (χ0) is 16.8. The standard InChI is InChI=1S/C19H24N2O3/c1-23-17-8-3-2-7-15(17)13-19(22)20-14-16(18-9-6-12-24-18)21-10-4-5-11-21/h2-3,6-9,12,16H,4-5,10-11,13-14H2,1H3,(H,20,22). The van der Waals surface area contributed by atoms with Gasteiger partial charge in [-0.05, 0) is 44.1 Å². The molecule has 1 atom stereocenters. The lowest BCUT2D eigenvalue weighted by molar-refractivity contribution is -0.120. The highest BCUT2D eigenvalue weighted by molar-refractivity contribution is 5.79. The van der Waals surface area contributed by atoms with Crippen LogP contribution >= 0.6 is 0 Å². The van der Waals surface area contributed by atoms with Gasteiger partial charge in [-0.3, -0.25) is 9.69 Å². The first-order valence-electron chi connectivity index (χ1n) is 8.44.